The molecule has 0 saturated carbocycles. The summed E-state index contributed by atoms with van der Waals surface area (Å²) in [4.78, 5) is 26.8. The first kappa shape index (κ1) is 19.9. The number of aryl methyl sites for hydroxylation is 1. The summed E-state index contributed by atoms with van der Waals surface area (Å²) in [6, 6.07) is 14.6. The van der Waals surface area contributed by atoms with Gasteiger partial charge >= 0.3 is 0 Å². The molecule has 6 heteroatoms. The molecule has 3 rings (SSSR count). The van der Waals surface area contributed by atoms with Crippen molar-refractivity contribution in [3.63, 3.8) is 0 Å². The van der Waals surface area contributed by atoms with Gasteiger partial charge in [0.15, 0.2) is 6.10 Å². The van der Waals surface area contributed by atoms with Crippen LogP contribution in [0.5, 0.6) is 5.75 Å². The Hall–Kier alpha value is -2.86. The minimum absolute atomic E-state index is 0.0182. The largest absolute Gasteiger partial charge is 0.481 e. The van der Waals surface area contributed by atoms with Gasteiger partial charge in [-0.1, -0.05) is 24.6 Å². The van der Waals surface area contributed by atoms with Gasteiger partial charge in [-0.15, -0.1) is 0 Å². The zero-order chi connectivity index (χ0) is 19.9. The lowest BCUT2D eigenvalue weighted by atomic mass is 10.1. The highest BCUT2D eigenvalue weighted by Crippen LogP contribution is 2.17. The maximum Gasteiger partial charge on any atom is 0.265 e. The molecular weight excluding hydrogens is 356 g/mol. The summed E-state index contributed by atoms with van der Waals surface area (Å²) in [7, 11) is 0. The summed E-state index contributed by atoms with van der Waals surface area (Å²) in [6.45, 7) is 6.25. The van der Waals surface area contributed by atoms with E-state index >= 15 is 0 Å². The summed E-state index contributed by atoms with van der Waals surface area (Å²) >= 11 is 0. The van der Waals surface area contributed by atoms with E-state index in [-0.39, 0.29) is 11.8 Å². The molecule has 0 radical (unpaired) electrons. The molecule has 2 amide bonds. The first-order valence-corrected chi connectivity index (χ1v) is 9.58. The first-order chi connectivity index (χ1) is 13.6. The normalized spacial score (nSPS) is 15.0. The van der Waals surface area contributed by atoms with E-state index in [9.17, 15) is 9.59 Å². The van der Waals surface area contributed by atoms with Gasteiger partial charge in [0.25, 0.3) is 11.8 Å². The van der Waals surface area contributed by atoms with E-state index in [0.29, 0.717) is 49.7 Å². The molecule has 1 aliphatic heterocycles. The molecule has 1 fully saturated rings. The number of anilines is 1. The van der Waals surface area contributed by atoms with E-state index in [1.165, 1.54) is 0 Å². The van der Waals surface area contributed by atoms with Gasteiger partial charge in [-0.3, -0.25) is 9.59 Å². The van der Waals surface area contributed by atoms with Gasteiger partial charge in [0.05, 0.1) is 13.2 Å². The van der Waals surface area contributed by atoms with Gasteiger partial charge in [-0.05, 0) is 49.7 Å². The molecule has 1 aliphatic rings. The van der Waals surface area contributed by atoms with Crippen molar-refractivity contribution in [2.45, 2.75) is 26.4 Å². The van der Waals surface area contributed by atoms with Crippen molar-refractivity contribution < 1.29 is 19.1 Å². The fraction of sp³-hybridized carbons (Fsp3) is 0.364. The molecule has 148 valence electrons. The van der Waals surface area contributed by atoms with Crippen LogP contribution >= 0.6 is 0 Å². The molecule has 28 heavy (non-hydrogen) atoms. The summed E-state index contributed by atoms with van der Waals surface area (Å²) in [5.74, 6) is 0.435. The van der Waals surface area contributed by atoms with Gasteiger partial charge in [0, 0.05) is 24.3 Å². The smallest absolute Gasteiger partial charge is 0.265 e. The van der Waals surface area contributed by atoms with Crippen LogP contribution in [0.1, 0.15) is 29.3 Å². The second-order valence-corrected chi connectivity index (χ2v) is 6.80. The number of carbonyl (C=O) groups is 2. The standard InChI is InChI=1S/C22H26N2O4/c1-3-20(28-19-10-4-16(2)5-11-19)21(25)23-18-8-6-17(7-9-18)22(26)24-12-14-27-15-13-24/h4-11,20H,3,12-15H2,1-2H3,(H,23,25). The molecule has 0 aliphatic carbocycles. The van der Waals surface area contributed by atoms with E-state index < -0.39 is 6.10 Å². The van der Waals surface area contributed by atoms with Gasteiger partial charge < -0.3 is 19.7 Å². The number of amides is 2. The molecule has 1 atom stereocenters. The number of morpholine rings is 1. The third-order valence-corrected chi connectivity index (χ3v) is 4.66. The predicted octanol–water partition coefficient (Wildman–Crippen LogP) is 3.26. The second-order valence-electron chi connectivity index (χ2n) is 6.80. The Morgan fingerprint density at radius 3 is 2.32 bits per heavy atom. The van der Waals surface area contributed by atoms with Crippen LogP contribution in [0.25, 0.3) is 0 Å². The first-order valence-electron chi connectivity index (χ1n) is 9.58. The Morgan fingerprint density at radius 1 is 1.07 bits per heavy atom. The summed E-state index contributed by atoms with van der Waals surface area (Å²) in [5, 5.41) is 2.86. The molecule has 2 aromatic carbocycles. The highest BCUT2D eigenvalue weighted by Gasteiger charge is 2.20. The predicted molar refractivity (Wildman–Crippen MR) is 108 cm³/mol. The maximum absolute atomic E-state index is 12.6. The minimum Gasteiger partial charge on any atom is -0.481 e. The minimum atomic E-state index is -0.586. The quantitative estimate of drug-likeness (QED) is 0.833. The SMILES string of the molecule is CCC(Oc1ccc(C)cc1)C(=O)Nc1ccc(C(=O)N2CCOCC2)cc1. The fourth-order valence-electron chi connectivity index (χ4n) is 2.97. The lowest BCUT2D eigenvalue weighted by Gasteiger charge is -2.26. The fourth-order valence-corrected chi connectivity index (χ4v) is 2.97. The number of nitrogens with zero attached hydrogens (tertiary/aromatic N) is 1. The monoisotopic (exact) mass is 382 g/mol. The van der Waals surface area contributed by atoms with Gasteiger partial charge in [0.1, 0.15) is 5.75 Å². The van der Waals surface area contributed by atoms with Crippen LogP contribution in [-0.4, -0.2) is 49.1 Å². The maximum atomic E-state index is 12.6. The lowest BCUT2D eigenvalue weighted by Crippen LogP contribution is -2.40. The molecule has 1 unspecified atom stereocenters. The third-order valence-electron chi connectivity index (χ3n) is 4.66. The molecule has 0 bridgehead atoms. The highest BCUT2D eigenvalue weighted by atomic mass is 16.5. The molecule has 0 spiro atoms. The van der Waals surface area contributed by atoms with Crippen molar-refractivity contribution in [3.8, 4) is 5.75 Å². The zero-order valence-corrected chi connectivity index (χ0v) is 16.3. The zero-order valence-electron chi connectivity index (χ0n) is 16.3. The summed E-state index contributed by atoms with van der Waals surface area (Å²) in [5.41, 5.74) is 2.37. The van der Waals surface area contributed by atoms with E-state index in [4.69, 9.17) is 9.47 Å². The van der Waals surface area contributed by atoms with Gasteiger partial charge in [0.2, 0.25) is 0 Å². The molecule has 6 nitrogen and oxygen atoms in total. The van der Waals surface area contributed by atoms with Crippen LogP contribution in [0.3, 0.4) is 0 Å². The number of ether oxygens (including phenoxy) is 2. The van der Waals surface area contributed by atoms with Crippen molar-refractivity contribution in [3.05, 3.63) is 59.7 Å². The van der Waals surface area contributed by atoms with Crippen LogP contribution < -0.4 is 10.1 Å². The Morgan fingerprint density at radius 2 is 1.71 bits per heavy atom. The highest BCUT2D eigenvalue weighted by molar-refractivity contribution is 5.97. The second kappa shape index (κ2) is 9.37. The Kier molecular flexibility index (Phi) is 6.66. The number of benzene rings is 2. The molecule has 1 saturated heterocycles. The number of hydrogen-bond acceptors (Lipinski definition) is 4. The topological polar surface area (TPSA) is 67.9 Å². The number of rotatable bonds is 6. The molecule has 0 aromatic heterocycles. The summed E-state index contributed by atoms with van der Waals surface area (Å²) < 4.78 is 11.1. The Balaban J connectivity index is 1.59. The van der Waals surface area contributed by atoms with E-state index in [1.54, 1.807) is 29.2 Å². The summed E-state index contributed by atoms with van der Waals surface area (Å²) in [6.07, 6.45) is -0.0369. The van der Waals surface area contributed by atoms with Crippen LogP contribution in [0, 0.1) is 6.92 Å². The van der Waals surface area contributed by atoms with E-state index in [0.717, 1.165) is 5.56 Å². The van der Waals surface area contributed by atoms with Crippen molar-refractivity contribution in [1.29, 1.82) is 0 Å². The number of hydrogen-bond donors (Lipinski definition) is 1. The van der Waals surface area contributed by atoms with E-state index in [2.05, 4.69) is 5.32 Å². The van der Waals surface area contributed by atoms with Crippen molar-refractivity contribution >= 4 is 17.5 Å². The Bertz CT molecular complexity index is 796. The average Bonchev–Trinajstić information content (AvgIpc) is 2.74. The van der Waals surface area contributed by atoms with Crippen LogP contribution in [-0.2, 0) is 9.53 Å². The molecule has 1 N–H and O–H groups in total. The average molecular weight is 382 g/mol. The van der Waals surface area contributed by atoms with Gasteiger partial charge in [-0.25, -0.2) is 0 Å². The lowest BCUT2D eigenvalue weighted by molar-refractivity contribution is -0.122. The van der Waals surface area contributed by atoms with Crippen LogP contribution in [0.4, 0.5) is 5.69 Å². The van der Waals surface area contributed by atoms with Crippen molar-refractivity contribution in [2.75, 3.05) is 31.6 Å². The Labute approximate surface area is 165 Å². The number of nitrogens with one attached hydrogen (secondary N) is 1. The third kappa shape index (κ3) is 5.10. The van der Waals surface area contributed by atoms with Crippen molar-refractivity contribution in [1.82, 2.24) is 4.90 Å². The van der Waals surface area contributed by atoms with Crippen LogP contribution in [0.2, 0.25) is 0 Å². The number of carbonyl (C=O) groups excluding carboxylic acids is 2. The van der Waals surface area contributed by atoms with Crippen molar-refractivity contribution in [2.24, 2.45) is 0 Å². The molecule has 2 aromatic rings. The molecule has 1 heterocycles. The van der Waals surface area contributed by atoms with Crippen LogP contribution in [0.15, 0.2) is 48.5 Å². The van der Waals surface area contributed by atoms with E-state index in [1.807, 2.05) is 38.1 Å². The van der Waals surface area contributed by atoms with Gasteiger partial charge in [-0.2, -0.15) is 0 Å². The molecular formula is C22H26N2O4.